The Bertz CT molecular complexity index is 3630. The third kappa shape index (κ3) is 5.26. The number of aromatic amines is 1. The number of anilines is 3. The molecule has 310 valence electrons. The zero-order chi connectivity index (χ0) is 42.9. The lowest BCUT2D eigenvalue weighted by atomic mass is 9.60. The summed E-state index contributed by atoms with van der Waals surface area (Å²) >= 11 is 1.94. The van der Waals surface area contributed by atoms with Gasteiger partial charge < -0.3 is 14.3 Å². The zero-order valence-corrected chi connectivity index (χ0v) is 38.6. The van der Waals surface area contributed by atoms with Gasteiger partial charge in [0.2, 0.25) is 7.28 Å². The van der Waals surface area contributed by atoms with Gasteiger partial charge in [-0.25, -0.2) is 0 Å². The van der Waals surface area contributed by atoms with Crippen molar-refractivity contribution < 1.29 is 4.42 Å². The summed E-state index contributed by atoms with van der Waals surface area (Å²) in [5.41, 5.74) is 18.1. The molecule has 0 unspecified atom stereocenters. The Morgan fingerprint density at radius 1 is 0.540 bits per heavy atom. The molecule has 0 bridgehead atoms. The van der Waals surface area contributed by atoms with Crippen molar-refractivity contribution >= 4 is 111 Å². The molecule has 10 aromatic rings. The van der Waals surface area contributed by atoms with Gasteiger partial charge in [-0.1, -0.05) is 122 Å². The first-order chi connectivity index (χ1) is 30.2. The third-order valence-electron chi connectivity index (χ3n) is 16.1. The number of hydrogen-bond acceptors (Lipinski definition) is 3. The number of H-pyrrole nitrogens is 1. The number of fused-ring (bicyclic) bond motifs is 14. The van der Waals surface area contributed by atoms with Crippen LogP contribution in [0.4, 0.5) is 17.1 Å². The number of para-hydroxylation sites is 1. The van der Waals surface area contributed by atoms with Crippen LogP contribution in [0.25, 0.3) is 74.8 Å². The lowest BCUT2D eigenvalue weighted by Gasteiger charge is -2.43. The quantitative estimate of drug-likeness (QED) is 0.176. The molecule has 0 saturated heterocycles. The van der Waals surface area contributed by atoms with Gasteiger partial charge in [-0.2, -0.15) is 0 Å². The Morgan fingerprint density at radius 2 is 1.19 bits per heavy atom. The van der Waals surface area contributed by atoms with Crippen molar-refractivity contribution in [1.29, 1.82) is 0 Å². The fourth-order valence-electron chi connectivity index (χ4n) is 12.2. The largest absolute Gasteiger partial charge is 0.469 e. The first kappa shape index (κ1) is 37.8. The first-order valence-corrected chi connectivity index (χ1v) is 23.9. The van der Waals surface area contributed by atoms with E-state index in [-0.39, 0.29) is 21.7 Å². The van der Waals surface area contributed by atoms with Crippen LogP contribution in [0.2, 0.25) is 0 Å². The van der Waals surface area contributed by atoms with Gasteiger partial charge in [-0.05, 0) is 140 Å². The Labute approximate surface area is 374 Å². The number of aromatic nitrogens is 1. The summed E-state index contributed by atoms with van der Waals surface area (Å²) in [5, 5.41) is 8.87. The van der Waals surface area contributed by atoms with Crippen molar-refractivity contribution in [3.8, 4) is 11.1 Å². The second-order valence-electron chi connectivity index (χ2n) is 21.9. The van der Waals surface area contributed by atoms with Crippen LogP contribution in [0, 0.1) is 0 Å². The maximum absolute atomic E-state index is 7.31. The molecule has 3 aliphatic rings. The SMILES string of the molecule is CC1(C)CCC(C)(C)c2cc(N3c4c(oc5cc6c(cc45)C(C)(C)CCC6(C)C)Bc4c(-c5cccc6c5[nH]c5cc7ccccc7cc56)cc5c(sc6ccccc65)c43)ccc21. The van der Waals surface area contributed by atoms with E-state index in [2.05, 4.69) is 181 Å². The Morgan fingerprint density at radius 3 is 1.95 bits per heavy atom. The summed E-state index contributed by atoms with van der Waals surface area (Å²) < 4.78 is 9.96. The van der Waals surface area contributed by atoms with Crippen molar-refractivity contribution in [2.45, 2.75) is 103 Å². The lowest BCUT2D eigenvalue weighted by Crippen LogP contribution is -2.40. The van der Waals surface area contributed by atoms with E-state index in [1.807, 2.05) is 11.3 Å². The average Bonchev–Trinajstić information content (AvgIpc) is 3.95. The molecule has 1 N–H and O–H groups in total. The minimum atomic E-state index is 0.0559. The van der Waals surface area contributed by atoms with Gasteiger partial charge in [0.1, 0.15) is 5.58 Å². The molecule has 13 rings (SSSR count). The fraction of sp³-hybridized carbons (Fsp3) is 0.276. The normalized spacial score (nSPS) is 18.2. The Balaban J connectivity index is 1.16. The van der Waals surface area contributed by atoms with Crippen LogP contribution in [0.1, 0.15) is 103 Å². The molecular weight excluding hydrogens is 784 g/mol. The summed E-state index contributed by atoms with van der Waals surface area (Å²) in [6.07, 6.45) is 4.69. The maximum atomic E-state index is 7.31. The highest BCUT2D eigenvalue weighted by atomic mass is 32.1. The van der Waals surface area contributed by atoms with Crippen LogP contribution in [-0.2, 0) is 21.7 Å². The number of nitrogens with one attached hydrogen (secondary N) is 1. The molecule has 63 heavy (non-hydrogen) atoms. The minimum absolute atomic E-state index is 0.0559. The molecule has 5 heteroatoms. The van der Waals surface area contributed by atoms with Gasteiger partial charge in [0.15, 0.2) is 0 Å². The third-order valence-corrected chi connectivity index (χ3v) is 17.3. The summed E-state index contributed by atoms with van der Waals surface area (Å²) in [4.78, 5) is 6.63. The monoisotopic (exact) mass is 836 g/mol. The second-order valence-corrected chi connectivity index (χ2v) is 22.9. The van der Waals surface area contributed by atoms with Crippen molar-refractivity contribution in [3.63, 3.8) is 0 Å². The van der Waals surface area contributed by atoms with Gasteiger partial charge in [-0.15, -0.1) is 11.3 Å². The number of furan rings is 1. The average molecular weight is 837 g/mol. The van der Waals surface area contributed by atoms with E-state index >= 15 is 0 Å². The van der Waals surface area contributed by atoms with Crippen LogP contribution >= 0.6 is 11.3 Å². The molecule has 0 atom stereocenters. The van der Waals surface area contributed by atoms with Crippen LogP contribution in [0.15, 0.2) is 120 Å². The molecule has 0 saturated carbocycles. The van der Waals surface area contributed by atoms with Crippen LogP contribution in [-0.4, -0.2) is 12.3 Å². The Kier molecular flexibility index (Phi) is 7.48. The van der Waals surface area contributed by atoms with E-state index in [4.69, 9.17) is 4.42 Å². The number of benzene rings is 7. The van der Waals surface area contributed by atoms with Crippen LogP contribution in [0.5, 0.6) is 0 Å². The number of hydrogen-bond donors (Lipinski definition) is 1. The van der Waals surface area contributed by atoms with Gasteiger partial charge >= 0.3 is 0 Å². The summed E-state index contributed by atoms with van der Waals surface area (Å²) in [5.74, 6) is 0. The predicted molar refractivity (Wildman–Crippen MR) is 273 cm³/mol. The molecule has 0 amide bonds. The maximum Gasteiger partial charge on any atom is 0.244 e. The highest BCUT2D eigenvalue weighted by molar-refractivity contribution is 7.26. The van der Waals surface area contributed by atoms with E-state index < -0.39 is 0 Å². The molecular formula is C58H53BN2OS. The van der Waals surface area contributed by atoms with Crippen molar-refractivity contribution in [2.24, 2.45) is 0 Å². The van der Waals surface area contributed by atoms with E-state index in [9.17, 15) is 0 Å². The lowest BCUT2D eigenvalue weighted by molar-refractivity contribution is 0.332. The molecule has 2 aliphatic carbocycles. The van der Waals surface area contributed by atoms with Gasteiger partial charge in [-0.3, -0.25) is 0 Å². The van der Waals surface area contributed by atoms with Gasteiger partial charge in [0.25, 0.3) is 0 Å². The molecule has 3 nitrogen and oxygen atoms in total. The molecule has 7 aromatic carbocycles. The van der Waals surface area contributed by atoms with E-state index in [1.54, 1.807) is 0 Å². The summed E-state index contributed by atoms with van der Waals surface area (Å²) in [7, 11) is 0.705. The smallest absolute Gasteiger partial charge is 0.244 e. The van der Waals surface area contributed by atoms with E-state index in [1.165, 1.54) is 140 Å². The fourth-order valence-corrected chi connectivity index (χ4v) is 13.4. The zero-order valence-electron chi connectivity index (χ0n) is 37.8. The van der Waals surface area contributed by atoms with Crippen molar-refractivity contribution in [2.75, 3.05) is 4.90 Å². The highest BCUT2D eigenvalue weighted by Gasteiger charge is 2.42. The molecule has 3 aromatic heterocycles. The topological polar surface area (TPSA) is 32.2 Å². The number of nitrogens with zero attached hydrogens (tertiary/aromatic N) is 1. The van der Waals surface area contributed by atoms with E-state index in [0.29, 0.717) is 7.28 Å². The van der Waals surface area contributed by atoms with Crippen LogP contribution < -0.4 is 16.0 Å². The van der Waals surface area contributed by atoms with E-state index in [0.717, 1.165) is 11.2 Å². The molecule has 0 spiro atoms. The van der Waals surface area contributed by atoms with Crippen LogP contribution in [0.3, 0.4) is 0 Å². The number of thiophene rings is 1. The van der Waals surface area contributed by atoms with Crippen molar-refractivity contribution in [1.82, 2.24) is 4.98 Å². The summed E-state index contributed by atoms with van der Waals surface area (Å²) in [6, 6.07) is 44.3. The summed E-state index contributed by atoms with van der Waals surface area (Å²) in [6.45, 7) is 19.5. The first-order valence-electron chi connectivity index (χ1n) is 23.1. The van der Waals surface area contributed by atoms with Gasteiger partial charge in [0.05, 0.1) is 27.3 Å². The second kappa shape index (κ2) is 12.5. The molecule has 4 heterocycles. The standard InChI is InChI=1S/C58H53BN2OS/c1-55(2)22-23-56(3,4)43-28-34(20-21-42(43)55)61-51-41-30-44-45(58(7,8)25-24-57(44,5)6)31-47(41)62-54(51)59-49-39(29-40-35-16-11-12-19-48(35)63-53(40)52(49)61)37-18-13-17-36-38-26-32-14-9-10-15-33(32)27-46(38)60-50(36)37/h9-21,26-31,59-60H,22-25H2,1-8H3. The van der Waals surface area contributed by atoms with Gasteiger partial charge in [0, 0.05) is 48.4 Å². The molecule has 0 fully saturated rings. The highest BCUT2D eigenvalue weighted by Crippen LogP contribution is 2.54. The predicted octanol–water partition coefficient (Wildman–Crippen LogP) is 15.1. The van der Waals surface area contributed by atoms with Crippen molar-refractivity contribution in [3.05, 3.63) is 138 Å². The Hall–Kier alpha value is -5.78. The minimum Gasteiger partial charge on any atom is -0.469 e. The molecule has 1 aliphatic heterocycles. The number of rotatable bonds is 2. The molecule has 0 radical (unpaired) electrons.